The molecule has 3 aromatic carbocycles. The monoisotopic (exact) mass is 561 g/mol. The molecule has 0 bridgehead atoms. The molecule has 7 nitrogen and oxygen atoms in total. The second kappa shape index (κ2) is 11.0. The van der Waals surface area contributed by atoms with Crippen LogP contribution in [0.15, 0.2) is 79.0 Å². The van der Waals surface area contributed by atoms with Crippen LogP contribution in [0.4, 0.5) is 18.0 Å². The van der Waals surface area contributed by atoms with Gasteiger partial charge in [0.2, 0.25) is 0 Å². The number of benzene rings is 3. The summed E-state index contributed by atoms with van der Waals surface area (Å²) in [5, 5.41) is 5.42. The predicted molar refractivity (Wildman–Crippen MR) is 149 cm³/mol. The van der Waals surface area contributed by atoms with Gasteiger partial charge in [0.15, 0.2) is 0 Å². The Balaban J connectivity index is 1.71. The first-order valence-electron chi connectivity index (χ1n) is 12.8. The van der Waals surface area contributed by atoms with Crippen molar-refractivity contribution in [3.63, 3.8) is 0 Å². The molecule has 2 aromatic heterocycles. The zero-order chi connectivity index (χ0) is 29.3. The third kappa shape index (κ3) is 5.45. The maximum atomic E-state index is 13.6. The number of rotatable bonds is 6. The van der Waals surface area contributed by atoms with Crippen LogP contribution < -0.4 is 0 Å². The molecule has 0 fully saturated rings. The molecule has 0 spiro atoms. The third-order valence-electron chi connectivity index (χ3n) is 6.68. The molecule has 10 heteroatoms. The van der Waals surface area contributed by atoms with Crippen molar-refractivity contribution in [3.05, 3.63) is 101 Å². The molecule has 5 rings (SSSR count). The summed E-state index contributed by atoms with van der Waals surface area (Å²) in [6.07, 6.45) is -0.878. The molecule has 2 heterocycles. The molecular weight excluding hydrogens is 535 g/mol. The summed E-state index contributed by atoms with van der Waals surface area (Å²) in [7, 11) is 1.26. The van der Waals surface area contributed by atoms with Gasteiger partial charge >= 0.3 is 18.2 Å². The summed E-state index contributed by atoms with van der Waals surface area (Å²) in [6.45, 7) is 3.88. The smallest absolute Gasteiger partial charge is 0.435 e. The van der Waals surface area contributed by atoms with Gasteiger partial charge in [-0.1, -0.05) is 50.2 Å². The van der Waals surface area contributed by atoms with E-state index in [4.69, 9.17) is 9.47 Å². The van der Waals surface area contributed by atoms with Gasteiger partial charge in [0.05, 0.1) is 29.9 Å². The Bertz CT molecular complexity index is 1780. The van der Waals surface area contributed by atoms with Crippen LogP contribution in [0.2, 0.25) is 0 Å². The highest BCUT2D eigenvalue weighted by atomic mass is 19.4. The lowest BCUT2D eigenvalue weighted by molar-refractivity contribution is -0.137. The van der Waals surface area contributed by atoms with E-state index in [9.17, 15) is 22.8 Å². The number of halogens is 3. The second-order valence-electron chi connectivity index (χ2n) is 9.72. The molecule has 41 heavy (non-hydrogen) atoms. The van der Waals surface area contributed by atoms with Crippen molar-refractivity contribution in [2.24, 2.45) is 0 Å². The quantitative estimate of drug-likeness (QED) is 0.159. The molecule has 0 N–H and O–H groups in total. The molecule has 5 aromatic rings. The average Bonchev–Trinajstić information content (AvgIpc) is 3.52. The fourth-order valence-corrected chi connectivity index (χ4v) is 4.84. The van der Waals surface area contributed by atoms with Gasteiger partial charge in [-0.25, -0.2) is 9.59 Å². The molecule has 0 radical (unpaired) electrons. The zero-order valence-electron chi connectivity index (χ0n) is 22.5. The van der Waals surface area contributed by atoms with E-state index in [-0.39, 0.29) is 12.5 Å². The number of methoxy groups -OCH3 is 1. The van der Waals surface area contributed by atoms with Gasteiger partial charge in [0.1, 0.15) is 6.61 Å². The molecule has 0 aliphatic carbocycles. The molecule has 0 unspecified atom stereocenters. The average molecular weight is 562 g/mol. The minimum atomic E-state index is -4.53. The van der Waals surface area contributed by atoms with Gasteiger partial charge in [-0.15, -0.1) is 0 Å². The zero-order valence-corrected chi connectivity index (χ0v) is 22.5. The number of aromatic nitrogens is 3. The summed E-state index contributed by atoms with van der Waals surface area (Å²) >= 11 is 0. The minimum Gasteiger partial charge on any atom is -0.466 e. The number of nitrogens with zero attached hydrogens (tertiary/aromatic N) is 3. The van der Waals surface area contributed by atoms with E-state index in [1.807, 2.05) is 44.2 Å². The minimum absolute atomic E-state index is 0.0554. The van der Waals surface area contributed by atoms with E-state index >= 15 is 0 Å². The lowest BCUT2D eigenvalue weighted by Gasteiger charge is -2.16. The highest BCUT2D eigenvalue weighted by Crippen LogP contribution is 2.39. The van der Waals surface area contributed by atoms with Crippen LogP contribution in [0.5, 0.6) is 0 Å². The van der Waals surface area contributed by atoms with Gasteiger partial charge in [-0.05, 0) is 47.9 Å². The summed E-state index contributed by atoms with van der Waals surface area (Å²) in [4.78, 5) is 25.0. The molecule has 0 aliphatic rings. The fraction of sp³-hybridized carbons (Fsp3) is 0.194. The van der Waals surface area contributed by atoms with Crippen molar-refractivity contribution in [1.29, 1.82) is 0 Å². The van der Waals surface area contributed by atoms with E-state index in [2.05, 4.69) is 5.10 Å². The van der Waals surface area contributed by atoms with Crippen LogP contribution in [0.3, 0.4) is 0 Å². The second-order valence-corrected chi connectivity index (χ2v) is 9.72. The van der Waals surface area contributed by atoms with Gasteiger partial charge in [-0.3, -0.25) is 0 Å². The predicted octanol–water partition coefficient (Wildman–Crippen LogP) is 7.49. The van der Waals surface area contributed by atoms with Crippen LogP contribution in [0, 0.1) is 0 Å². The van der Waals surface area contributed by atoms with Gasteiger partial charge in [-0.2, -0.15) is 23.0 Å². The molecular formula is C31H26F3N3O4. The van der Waals surface area contributed by atoms with E-state index in [0.29, 0.717) is 38.8 Å². The number of carbonyl (C=O) groups is 2. The van der Waals surface area contributed by atoms with Gasteiger partial charge < -0.3 is 14.0 Å². The highest BCUT2D eigenvalue weighted by Gasteiger charge is 2.31. The van der Waals surface area contributed by atoms with E-state index in [1.165, 1.54) is 25.4 Å². The van der Waals surface area contributed by atoms with Crippen molar-refractivity contribution >= 4 is 39.9 Å². The van der Waals surface area contributed by atoms with E-state index < -0.39 is 23.8 Å². The summed E-state index contributed by atoms with van der Waals surface area (Å²) in [6, 6.07) is 17.8. The number of hydrogen-bond donors (Lipinski definition) is 0. The Morgan fingerprint density at radius 1 is 1.00 bits per heavy atom. The first kappa shape index (κ1) is 27.7. The first-order chi connectivity index (χ1) is 19.6. The molecule has 0 saturated carbocycles. The van der Waals surface area contributed by atoms with Crippen molar-refractivity contribution in [1.82, 2.24) is 14.3 Å². The highest BCUT2D eigenvalue weighted by molar-refractivity contribution is 6.04. The van der Waals surface area contributed by atoms with Crippen LogP contribution >= 0.6 is 0 Å². The number of ether oxygens (including phenoxy) is 2. The summed E-state index contributed by atoms with van der Waals surface area (Å²) < 4.78 is 54.1. The largest absolute Gasteiger partial charge is 0.466 e. The van der Waals surface area contributed by atoms with Gasteiger partial charge in [0.25, 0.3) is 0 Å². The standard InChI is InChI=1S/C31H26F3N3O4/c1-19(2)29-24(12-13-28(38)40-3)25-16-26-21(17-35-37(26)30(39)41-18-20-8-5-4-6-9-20)14-27(25)36(29)23-11-7-10-22(15-23)31(32,33)34/h4-17,19H,18H2,1-3H3/b13-12+. The number of alkyl halides is 3. The number of esters is 1. The molecule has 0 aliphatic heterocycles. The maximum Gasteiger partial charge on any atom is 0.435 e. The maximum absolute atomic E-state index is 13.6. The summed E-state index contributed by atoms with van der Waals surface area (Å²) in [5.74, 6) is -0.750. The van der Waals surface area contributed by atoms with Crippen LogP contribution in [0.25, 0.3) is 33.6 Å². The van der Waals surface area contributed by atoms with Crippen LogP contribution in [0.1, 0.15) is 42.1 Å². The van der Waals surface area contributed by atoms with Crippen LogP contribution in [-0.4, -0.2) is 33.5 Å². The van der Waals surface area contributed by atoms with Crippen molar-refractivity contribution in [2.45, 2.75) is 32.5 Å². The number of hydrogen-bond acceptors (Lipinski definition) is 5. The summed E-state index contributed by atoms with van der Waals surface area (Å²) in [5.41, 5.74) is 2.65. The molecule has 0 saturated heterocycles. The number of carbonyl (C=O) groups excluding carboxylic acids is 2. The van der Waals surface area contributed by atoms with Crippen molar-refractivity contribution < 1.29 is 32.2 Å². The molecule has 0 amide bonds. The van der Waals surface area contributed by atoms with E-state index in [0.717, 1.165) is 22.4 Å². The Morgan fingerprint density at radius 3 is 2.44 bits per heavy atom. The number of fused-ring (bicyclic) bond motifs is 2. The third-order valence-corrected chi connectivity index (χ3v) is 6.68. The lowest BCUT2D eigenvalue weighted by atomic mass is 10.0. The van der Waals surface area contributed by atoms with Crippen LogP contribution in [-0.2, 0) is 27.1 Å². The van der Waals surface area contributed by atoms with Crippen molar-refractivity contribution in [2.75, 3.05) is 7.11 Å². The fourth-order valence-electron chi connectivity index (χ4n) is 4.84. The van der Waals surface area contributed by atoms with Crippen molar-refractivity contribution in [3.8, 4) is 5.69 Å². The Kier molecular flexibility index (Phi) is 7.40. The molecule has 210 valence electrons. The Labute approximate surface area is 233 Å². The normalized spacial score (nSPS) is 12.1. The lowest BCUT2D eigenvalue weighted by Crippen LogP contribution is -2.14. The Morgan fingerprint density at radius 2 is 1.76 bits per heavy atom. The Hall–Kier alpha value is -4.86. The van der Waals surface area contributed by atoms with E-state index in [1.54, 1.807) is 28.8 Å². The SMILES string of the molecule is COC(=O)/C=C/c1c(C(C)C)n(-c2cccc(C(F)(F)F)c2)c2cc3cnn(C(=O)OCc4ccccc4)c3cc12. The van der Waals surface area contributed by atoms with Gasteiger partial charge in [0, 0.05) is 33.8 Å². The molecule has 0 atom stereocenters. The first-order valence-corrected chi connectivity index (χ1v) is 12.8. The topological polar surface area (TPSA) is 75.4 Å².